The van der Waals surface area contributed by atoms with Gasteiger partial charge in [-0.3, -0.25) is 0 Å². The molecule has 1 unspecified atom stereocenters. The van der Waals surface area contributed by atoms with Gasteiger partial charge in [0, 0.05) is 13.5 Å². The molecule has 1 rings (SSSR count). The molecule has 0 saturated carbocycles. The quantitative estimate of drug-likeness (QED) is 0.732. The van der Waals surface area contributed by atoms with Gasteiger partial charge >= 0.3 is 0 Å². The summed E-state index contributed by atoms with van der Waals surface area (Å²) in [6.07, 6.45) is 1.90. The molecule has 0 spiro atoms. The molecule has 5 nitrogen and oxygen atoms in total. The molecule has 80 valence electrons. The van der Waals surface area contributed by atoms with E-state index in [4.69, 9.17) is 9.26 Å². The van der Waals surface area contributed by atoms with E-state index >= 15 is 0 Å². The summed E-state index contributed by atoms with van der Waals surface area (Å²) < 4.78 is 10.2. The molecule has 1 atom stereocenters. The Kier molecular flexibility index (Phi) is 4.55. The highest BCUT2D eigenvalue weighted by molar-refractivity contribution is 4.86. The molecule has 0 aliphatic heterocycles. The van der Waals surface area contributed by atoms with E-state index in [0.29, 0.717) is 18.3 Å². The Balaban J connectivity index is 2.35. The molecule has 1 aromatic rings. The lowest BCUT2D eigenvalue weighted by Gasteiger charge is -2.05. The smallest absolute Gasteiger partial charge is 0.226 e. The third-order valence-corrected chi connectivity index (χ3v) is 2.01. The molecule has 1 aromatic heterocycles. The van der Waals surface area contributed by atoms with Gasteiger partial charge in [-0.05, 0) is 20.4 Å². The van der Waals surface area contributed by atoms with Crippen LogP contribution in [0.1, 0.15) is 25.1 Å². The zero-order chi connectivity index (χ0) is 10.4. The lowest BCUT2D eigenvalue weighted by molar-refractivity contribution is 0.109. The van der Waals surface area contributed by atoms with Crippen molar-refractivity contribution in [1.29, 1.82) is 0 Å². The Morgan fingerprint density at radius 1 is 1.57 bits per heavy atom. The second-order valence-corrected chi connectivity index (χ2v) is 3.22. The van der Waals surface area contributed by atoms with Gasteiger partial charge in [0.2, 0.25) is 5.89 Å². The van der Waals surface area contributed by atoms with E-state index in [-0.39, 0.29) is 6.10 Å². The number of hydrogen-bond donors (Lipinski definition) is 1. The van der Waals surface area contributed by atoms with Crippen molar-refractivity contribution in [3.8, 4) is 0 Å². The van der Waals surface area contributed by atoms with Crippen LogP contribution in [0.5, 0.6) is 0 Å². The van der Waals surface area contributed by atoms with Gasteiger partial charge in [-0.2, -0.15) is 4.98 Å². The maximum atomic E-state index is 5.12. The van der Waals surface area contributed by atoms with Crippen molar-refractivity contribution in [3.63, 3.8) is 0 Å². The monoisotopic (exact) mass is 199 g/mol. The van der Waals surface area contributed by atoms with Crippen LogP contribution in [0.4, 0.5) is 0 Å². The van der Waals surface area contributed by atoms with Gasteiger partial charge in [0.05, 0.1) is 12.6 Å². The van der Waals surface area contributed by atoms with Crippen molar-refractivity contribution in [2.75, 3.05) is 14.2 Å². The van der Waals surface area contributed by atoms with Gasteiger partial charge in [0.15, 0.2) is 5.82 Å². The van der Waals surface area contributed by atoms with Gasteiger partial charge in [0.1, 0.15) is 0 Å². The fraction of sp³-hybridized carbons (Fsp3) is 0.778. The molecule has 0 saturated heterocycles. The fourth-order valence-corrected chi connectivity index (χ4v) is 1.07. The van der Waals surface area contributed by atoms with E-state index in [1.807, 2.05) is 14.0 Å². The van der Waals surface area contributed by atoms with Crippen molar-refractivity contribution in [1.82, 2.24) is 15.5 Å². The number of ether oxygens (including phenoxy) is 1. The number of rotatable bonds is 6. The number of hydrogen-bond acceptors (Lipinski definition) is 5. The zero-order valence-electron chi connectivity index (χ0n) is 8.91. The first-order valence-electron chi connectivity index (χ1n) is 4.75. The standard InChI is InChI=1S/C9H17N3O2/c1-7(13-3)4-5-9-11-8(6-10-2)12-14-9/h7,10H,4-6H2,1-3H3. The Morgan fingerprint density at radius 2 is 2.36 bits per heavy atom. The van der Waals surface area contributed by atoms with Crippen LogP contribution < -0.4 is 5.32 Å². The fourth-order valence-electron chi connectivity index (χ4n) is 1.07. The molecule has 0 radical (unpaired) electrons. The first-order chi connectivity index (χ1) is 6.76. The van der Waals surface area contributed by atoms with Crippen molar-refractivity contribution >= 4 is 0 Å². The predicted molar refractivity (Wildman–Crippen MR) is 51.9 cm³/mol. The summed E-state index contributed by atoms with van der Waals surface area (Å²) in [6, 6.07) is 0. The molecule has 0 aliphatic carbocycles. The van der Waals surface area contributed by atoms with Gasteiger partial charge in [-0.25, -0.2) is 0 Å². The minimum absolute atomic E-state index is 0.231. The summed E-state index contributed by atoms with van der Waals surface area (Å²) in [7, 11) is 3.55. The summed E-state index contributed by atoms with van der Waals surface area (Å²) in [5.74, 6) is 1.38. The van der Waals surface area contributed by atoms with Crippen molar-refractivity contribution in [3.05, 3.63) is 11.7 Å². The van der Waals surface area contributed by atoms with Gasteiger partial charge in [-0.1, -0.05) is 5.16 Å². The van der Waals surface area contributed by atoms with Crippen LogP contribution in [0.15, 0.2) is 4.52 Å². The highest BCUT2D eigenvalue weighted by Crippen LogP contribution is 2.04. The number of nitrogens with one attached hydrogen (secondary N) is 1. The topological polar surface area (TPSA) is 60.2 Å². The molecule has 0 amide bonds. The lowest BCUT2D eigenvalue weighted by Crippen LogP contribution is -2.07. The van der Waals surface area contributed by atoms with E-state index in [9.17, 15) is 0 Å². The number of aryl methyl sites for hydroxylation is 1. The van der Waals surface area contributed by atoms with Gasteiger partial charge in [0.25, 0.3) is 0 Å². The molecule has 0 aromatic carbocycles. The summed E-state index contributed by atoms with van der Waals surface area (Å²) >= 11 is 0. The van der Waals surface area contributed by atoms with E-state index in [0.717, 1.165) is 12.8 Å². The van der Waals surface area contributed by atoms with Crippen LogP contribution in [-0.2, 0) is 17.7 Å². The summed E-state index contributed by atoms with van der Waals surface area (Å²) in [4.78, 5) is 4.21. The first kappa shape index (κ1) is 11.1. The van der Waals surface area contributed by atoms with Crippen LogP contribution >= 0.6 is 0 Å². The Hall–Kier alpha value is -0.940. The van der Waals surface area contributed by atoms with E-state index in [1.54, 1.807) is 7.11 Å². The second kappa shape index (κ2) is 5.72. The normalized spacial score (nSPS) is 13.1. The Labute approximate surface area is 83.8 Å². The molecular formula is C9H17N3O2. The highest BCUT2D eigenvalue weighted by Gasteiger charge is 2.07. The number of aromatic nitrogens is 2. The second-order valence-electron chi connectivity index (χ2n) is 3.22. The minimum Gasteiger partial charge on any atom is -0.382 e. The molecule has 0 bridgehead atoms. The average Bonchev–Trinajstić information content (AvgIpc) is 2.63. The Morgan fingerprint density at radius 3 is 3.00 bits per heavy atom. The maximum absolute atomic E-state index is 5.12. The minimum atomic E-state index is 0.231. The largest absolute Gasteiger partial charge is 0.382 e. The summed E-state index contributed by atoms with van der Waals surface area (Å²) in [6.45, 7) is 2.66. The molecule has 5 heteroatoms. The van der Waals surface area contributed by atoms with Gasteiger partial charge in [-0.15, -0.1) is 0 Å². The molecule has 0 fully saturated rings. The zero-order valence-corrected chi connectivity index (χ0v) is 8.91. The van der Waals surface area contributed by atoms with Crippen LogP contribution in [0.3, 0.4) is 0 Å². The van der Waals surface area contributed by atoms with Crippen LogP contribution in [0.25, 0.3) is 0 Å². The number of methoxy groups -OCH3 is 1. The molecule has 0 aliphatic rings. The third-order valence-electron chi connectivity index (χ3n) is 2.01. The number of nitrogens with zero attached hydrogens (tertiary/aromatic N) is 2. The van der Waals surface area contributed by atoms with Crippen molar-refractivity contribution in [2.24, 2.45) is 0 Å². The summed E-state index contributed by atoms with van der Waals surface area (Å²) in [5, 5.41) is 6.78. The summed E-state index contributed by atoms with van der Waals surface area (Å²) in [5.41, 5.74) is 0. The van der Waals surface area contributed by atoms with Crippen molar-refractivity contribution in [2.45, 2.75) is 32.4 Å². The molecule has 1 heterocycles. The predicted octanol–water partition coefficient (Wildman–Crippen LogP) is 0.756. The van der Waals surface area contributed by atoms with E-state index < -0.39 is 0 Å². The average molecular weight is 199 g/mol. The molecule has 1 N–H and O–H groups in total. The van der Waals surface area contributed by atoms with Crippen molar-refractivity contribution < 1.29 is 9.26 Å². The van der Waals surface area contributed by atoms with Crippen LogP contribution in [-0.4, -0.2) is 30.4 Å². The lowest BCUT2D eigenvalue weighted by atomic mass is 10.2. The first-order valence-corrected chi connectivity index (χ1v) is 4.75. The SMILES string of the molecule is CNCc1noc(CCC(C)OC)n1. The maximum Gasteiger partial charge on any atom is 0.226 e. The van der Waals surface area contributed by atoms with Crippen LogP contribution in [0, 0.1) is 0 Å². The molecular weight excluding hydrogens is 182 g/mol. The Bertz CT molecular complexity index is 262. The van der Waals surface area contributed by atoms with Gasteiger partial charge < -0.3 is 14.6 Å². The van der Waals surface area contributed by atoms with E-state index in [1.165, 1.54) is 0 Å². The molecule has 14 heavy (non-hydrogen) atoms. The third kappa shape index (κ3) is 3.43. The van der Waals surface area contributed by atoms with Crippen LogP contribution in [0.2, 0.25) is 0 Å². The highest BCUT2D eigenvalue weighted by atomic mass is 16.5. The van der Waals surface area contributed by atoms with E-state index in [2.05, 4.69) is 15.5 Å².